The predicted octanol–water partition coefficient (Wildman–Crippen LogP) is 4.71. The highest BCUT2D eigenvalue weighted by molar-refractivity contribution is 6.30. The van der Waals surface area contributed by atoms with Crippen molar-refractivity contribution < 1.29 is 4.74 Å². The molecule has 0 radical (unpaired) electrons. The zero-order valence-electron chi connectivity index (χ0n) is 15.3. The van der Waals surface area contributed by atoms with Crippen LogP contribution in [0.5, 0.6) is 5.75 Å². The Balaban J connectivity index is 1.55. The fraction of sp³-hybridized carbons (Fsp3) is 0.250. The molecule has 27 heavy (non-hydrogen) atoms. The molecule has 0 aliphatic heterocycles. The van der Waals surface area contributed by atoms with E-state index < -0.39 is 0 Å². The van der Waals surface area contributed by atoms with Gasteiger partial charge in [-0.3, -0.25) is 0 Å². The third-order valence-corrected chi connectivity index (χ3v) is 3.88. The lowest BCUT2D eigenvalue weighted by Gasteiger charge is -2.11. The quantitative estimate of drug-likeness (QED) is 0.587. The van der Waals surface area contributed by atoms with Crippen molar-refractivity contribution in [3.63, 3.8) is 0 Å². The van der Waals surface area contributed by atoms with E-state index in [9.17, 15) is 0 Å². The van der Waals surface area contributed by atoms with Gasteiger partial charge in [-0.25, -0.2) is 0 Å². The number of ether oxygens (including phenoxy) is 1. The lowest BCUT2D eigenvalue weighted by Crippen LogP contribution is -2.09. The average molecular weight is 384 g/mol. The third kappa shape index (κ3) is 6.11. The van der Waals surface area contributed by atoms with Crippen LogP contribution in [0.4, 0.5) is 17.5 Å². The highest BCUT2D eigenvalue weighted by Gasteiger charge is 2.03. The van der Waals surface area contributed by atoms with Crippen LogP contribution in [0.2, 0.25) is 5.02 Å². The fourth-order valence-electron chi connectivity index (χ4n) is 2.49. The number of halogens is 1. The van der Waals surface area contributed by atoms with Crippen LogP contribution in [0.3, 0.4) is 0 Å². The van der Waals surface area contributed by atoms with Crippen LogP contribution < -0.4 is 15.4 Å². The molecule has 140 valence electrons. The molecule has 2 aromatic carbocycles. The summed E-state index contributed by atoms with van der Waals surface area (Å²) in [5.74, 6) is 1.92. The second kappa shape index (κ2) is 9.19. The van der Waals surface area contributed by atoms with E-state index in [0.29, 0.717) is 11.8 Å². The maximum Gasteiger partial charge on any atom is 0.249 e. The van der Waals surface area contributed by atoms with Gasteiger partial charge >= 0.3 is 0 Å². The fourth-order valence-corrected chi connectivity index (χ4v) is 2.70. The first-order valence-corrected chi connectivity index (χ1v) is 9.18. The number of rotatable bonds is 8. The van der Waals surface area contributed by atoms with Gasteiger partial charge in [-0.05, 0) is 62.2 Å². The molecule has 0 spiro atoms. The van der Waals surface area contributed by atoms with E-state index in [1.165, 1.54) is 5.56 Å². The Morgan fingerprint density at radius 1 is 1.11 bits per heavy atom. The average Bonchev–Trinajstić information content (AvgIpc) is 2.63. The maximum atomic E-state index is 6.01. The molecule has 0 bridgehead atoms. The van der Waals surface area contributed by atoms with E-state index in [1.54, 1.807) is 6.20 Å². The van der Waals surface area contributed by atoms with Crippen LogP contribution in [0.15, 0.2) is 54.7 Å². The summed E-state index contributed by atoms with van der Waals surface area (Å²) < 4.78 is 5.64. The number of anilines is 3. The summed E-state index contributed by atoms with van der Waals surface area (Å²) in [6.07, 6.45) is 2.58. The highest BCUT2D eigenvalue weighted by Crippen LogP contribution is 2.19. The number of benzene rings is 2. The SMILES string of the molecule is CC(C)Oc1ccc(Nc2nncc(NCCc3cccc(Cl)c3)n2)cc1. The van der Waals surface area contributed by atoms with E-state index in [0.717, 1.165) is 29.4 Å². The van der Waals surface area contributed by atoms with Gasteiger partial charge in [0, 0.05) is 17.3 Å². The van der Waals surface area contributed by atoms with Crippen molar-refractivity contribution in [3.05, 3.63) is 65.3 Å². The van der Waals surface area contributed by atoms with Gasteiger partial charge in [-0.2, -0.15) is 10.1 Å². The number of nitrogens with zero attached hydrogens (tertiary/aromatic N) is 3. The van der Waals surface area contributed by atoms with Crippen molar-refractivity contribution in [2.45, 2.75) is 26.4 Å². The molecule has 7 heteroatoms. The molecule has 6 nitrogen and oxygen atoms in total. The molecule has 0 unspecified atom stereocenters. The summed E-state index contributed by atoms with van der Waals surface area (Å²) in [6, 6.07) is 15.5. The molecule has 0 aliphatic carbocycles. The summed E-state index contributed by atoms with van der Waals surface area (Å²) in [5.41, 5.74) is 2.03. The molecule has 3 rings (SSSR count). The molecular weight excluding hydrogens is 362 g/mol. The first kappa shape index (κ1) is 18.9. The van der Waals surface area contributed by atoms with E-state index >= 15 is 0 Å². The standard InChI is InChI=1S/C20H22ClN5O/c1-14(2)27-18-8-6-17(7-9-18)24-20-25-19(13-23-26-20)22-11-10-15-4-3-5-16(21)12-15/h3-9,12-14H,10-11H2,1-2H3,(H2,22,24,25,26). The van der Waals surface area contributed by atoms with Gasteiger partial charge in [0.05, 0.1) is 12.3 Å². The summed E-state index contributed by atoms with van der Waals surface area (Å²) in [4.78, 5) is 4.43. The number of hydrogen-bond acceptors (Lipinski definition) is 6. The summed E-state index contributed by atoms with van der Waals surface area (Å²) in [7, 11) is 0. The van der Waals surface area contributed by atoms with E-state index in [1.807, 2.05) is 62.4 Å². The van der Waals surface area contributed by atoms with Gasteiger partial charge in [0.25, 0.3) is 0 Å². The topological polar surface area (TPSA) is 72.0 Å². The second-order valence-corrected chi connectivity index (χ2v) is 6.72. The molecule has 1 aromatic heterocycles. The molecule has 0 atom stereocenters. The van der Waals surface area contributed by atoms with Crippen LogP contribution in [0, 0.1) is 0 Å². The first-order valence-electron chi connectivity index (χ1n) is 8.80. The Hall–Kier alpha value is -2.86. The second-order valence-electron chi connectivity index (χ2n) is 6.29. The third-order valence-electron chi connectivity index (χ3n) is 3.65. The highest BCUT2D eigenvalue weighted by atomic mass is 35.5. The minimum atomic E-state index is 0.144. The smallest absolute Gasteiger partial charge is 0.249 e. The van der Waals surface area contributed by atoms with Crippen molar-refractivity contribution in [2.75, 3.05) is 17.2 Å². The van der Waals surface area contributed by atoms with Crippen molar-refractivity contribution in [2.24, 2.45) is 0 Å². The van der Waals surface area contributed by atoms with Crippen molar-refractivity contribution in [1.82, 2.24) is 15.2 Å². The summed E-state index contributed by atoms with van der Waals surface area (Å²) in [5, 5.41) is 15.2. The van der Waals surface area contributed by atoms with Crippen LogP contribution >= 0.6 is 11.6 Å². The Labute approximate surface area is 164 Å². The number of aromatic nitrogens is 3. The normalized spacial score (nSPS) is 10.7. The molecule has 0 aliphatic rings. The Morgan fingerprint density at radius 3 is 2.67 bits per heavy atom. The molecule has 0 fully saturated rings. The van der Waals surface area contributed by atoms with Gasteiger partial charge < -0.3 is 15.4 Å². The first-order chi connectivity index (χ1) is 13.1. The lowest BCUT2D eigenvalue weighted by atomic mass is 10.1. The van der Waals surface area contributed by atoms with Crippen molar-refractivity contribution in [3.8, 4) is 5.75 Å². The number of nitrogens with one attached hydrogen (secondary N) is 2. The Kier molecular flexibility index (Phi) is 6.44. The Morgan fingerprint density at radius 2 is 1.93 bits per heavy atom. The van der Waals surface area contributed by atoms with E-state index in [-0.39, 0.29) is 6.10 Å². The zero-order valence-corrected chi connectivity index (χ0v) is 16.1. The van der Waals surface area contributed by atoms with Gasteiger partial charge in [0.1, 0.15) is 5.75 Å². The molecule has 0 saturated carbocycles. The van der Waals surface area contributed by atoms with Crippen LogP contribution in [-0.4, -0.2) is 27.8 Å². The van der Waals surface area contributed by atoms with Gasteiger partial charge in [-0.1, -0.05) is 23.7 Å². The summed E-state index contributed by atoms with van der Waals surface area (Å²) in [6.45, 7) is 4.72. The Bertz CT molecular complexity index is 870. The zero-order chi connectivity index (χ0) is 19.1. The van der Waals surface area contributed by atoms with Crippen LogP contribution in [0.25, 0.3) is 0 Å². The minimum Gasteiger partial charge on any atom is -0.491 e. The minimum absolute atomic E-state index is 0.144. The van der Waals surface area contributed by atoms with Gasteiger partial charge in [0.15, 0.2) is 5.82 Å². The molecule has 2 N–H and O–H groups in total. The predicted molar refractivity (Wildman–Crippen MR) is 109 cm³/mol. The molecule has 0 saturated heterocycles. The monoisotopic (exact) mass is 383 g/mol. The summed E-state index contributed by atoms with van der Waals surface area (Å²) >= 11 is 6.01. The number of hydrogen-bond donors (Lipinski definition) is 2. The van der Waals surface area contributed by atoms with Crippen LogP contribution in [-0.2, 0) is 6.42 Å². The van der Waals surface area contributed by atoms with Crippen molar-refractivity contribution >= 4 is 29.1 Å². The van der Waals surface area contributed by atoms with Gasteiger partial charge in [0.2, 0.25) is 5.95 Å². The molecule has 1 heterocycles. The molecule has 3 aromatic rings. The van der Waals surface area contributed by atoms with E-state index in [4.69, 9.17) is 16.3 Å². The van der Waals surface area contributed by atoms with Crippen LogP contribution in [0.1, 0.15) is 19.4 Å². The van der Waals surface area contributed by atoms with Gasteiger partial charge in [-0.15, -0.1) is 5.10 Å². The largest absolute Gasteiger partial charge is 0.491 e. The maximum absolute atomic E-state index is 6.01. The van der Waals surface area contributed by atoms with E-state index in [2.05, 4.69) is 25.8 Å². The molecular formula is C20H22ClN5O. The molecule has 0 amide bonds. The lowest BCUT2D eigenvalue weighted by molar-refractivity contribution is 0.242. The van der Waals surface area contributed by atoms with Crippen molar-refractivity contribution in [1.29, 1.82) is 0 Å².